The fourth-order valence-corrected chi connectivity index (χ4v) is 8.57. The molecular formula is C40H46N8O4. The van der Waals surface area contributed by atoms with Gasteiger partial charge in [0.25, 0.3) is 23.6 Å². The Bertz CT molecular complexity index is 2060. The molecule has 2 saturated heterocycles. The zero-order chi connectivity index (χ0) is 36.3. The molecule has 4 aliphatic rings. The number of benzene rings is 4. The molecule has 0 aromatic heterocycles. The monoisotopic (exact) mass is 702 g/mol. The average molecular weight is 703 g/mol. The highest BCUT2D eigenvalue weighted by atomic mass is 16.2. The van der Waals surface area contributed by atoms with Crippen molar-refractivity contribution < 1.29 is 19.2 Å². The molecule has 0 radical (unpaired) electrons. The molecule has 3 N–H and O–H groups in total. The number of imide groups is 2. The van der Waals surface area contributed by atoms with Gasteiger partial charge in [0.2, 0.25) is 0 Å². The minimum atomic E-state index is -0.679. The van der Waals surface area contributed by atoms with E-state index in [1.807, 2.05) is 74.3 Å². The maximum Gasteiger partial charge on any atom is 0.262 e. The first-order valence-electron chi connectivity index (χ1n) is 18.5. The van der Waals surface area contributed by atoms with Crippen LogP contribution in [0.4, 0.5) is 11.4 Å². The first kappa shape index (κ1) is 34.2. The summed E-state index contributed by atoms with van der Waals surface area (Å²) >= 11 is 0. The third-order valence-corrected chi connectivity index (χ3v) is 11.4. The van der Waals surface area contributed by atoms with Crippen molar-refractivity contribution in [2.24, 2.45) is 0 Å². The number of anilines is 2. The molecule has 0 aliphatic carbocycles. The summed E-state index contributed by atoms with van der Waals surface area (Å²) in [4.78, 5) is 65.7. The lowest BCUT2D eigenvalue weighted by molar-refractivity contribution is 0.0153. The third-order valence-electron chi connectivity index (χ3n) is 11.4. The summed E-state index contributed by atoms with van der Waals surface area (Å²) in [6.07, 6.45) is -1.11. The Morgan fingerprint density at radius 3 is 1.50 bits per heavy atom. The summed E-state index contributed by atoms with van der Waals surface area (Å²) in [5, 5.41) is 13.5. The molecular weight excluding hydrogens is 656 g/mol. The van der Waals surface area contributed by atoms with Gasteiger partial charge in [0.05, 0.1) is 18.5 Å². The number of nitrogens with one attached hydrogen (secondary N) is 3. The molecule has 0 spiro atoms. The van der Waals surface area contributed by atoms with Crippen LogP contribution in [-0.4, -0.2) is 116 Å². The van der Waals surface area contributed by atoms with E-state index >= 15 is 0 Å². The van der Waals surface area contributed by atoms with Crippen molar-refractivity contribution in [2.45, 2.75) is 45.7 Å². The van der Waals surface area contributed by atoms with Gasteiger partial charge in [0.15, 0.2) is 0 Å². The summed E-state index contributed by atoms with van der Waals surface area (Å²) in [7, 11) is 1.86. The molecule has 8 rings (SSSR count). The van der Waals surface area contributed by atoms with E-state index in [1.165, 1.54) is 9.80 Å². The maximum atomic E-state index is 14.2. The van der Waals surface area contributed by atoms with Gasteiger partial charge in [-0.05, 0) is 63.7 Å². The quantitative estimate of drug-likeness (QED) is 0.176. The standard InChI is InChI=1S/C40H46N8O4/c1-5-34(43-24(2)47-37(49)28-10-6-8-26-32(45-20-16-41-17-21-45)14-12-30(35(26)28)38(47)50)44(4)25(3)48-39(51)29-11-7-9-27-33(46-22-18-42-19-23-46)15-13-31(36(27)29)40(48)52/h6-15,24-25,34,41-43H,5,16-23H2,1-4H3. The Labute approximate surface area is 303 Å². The van der Waals surface area contributed by atoms with E-state index in [0.717, 1.165) is 74.5 Å². The minimum absolute atomic E-state index is 0.339. The number of carbonyl (C=O) groups is 4. The number of carbonyl (C=O) groups excluding carboxylic acids is 4. The van der Waals surface area contributed by atoms with Crippen molar-refractivity contribution >= 4 is 56.5 Å². The van der Waals surface area contributed by atoms with E-state index in [0.29, 0.717) is 39.4 Å². The van der Waals surface area contributed by atoms with Crippen LogP contribution in [0.1, 0.15) is 68.6 Å². The molecule has 4 aliphatic heterocycles. The van der Waals surface area contributed by atoms with Crippen LogP contribution in [0.2, 0.25) is 0 Å². The van der Waals surface area contributed by atoms with Gasteiger partial charge in [-0.2, -0.15) is 0 Å². The van der Waals surface area contributed by atoms with E-state index in [-0.39, 0.29) is 29.8 Å². The Morgan fingerprint density at radius 1 is 0.635 bits per heavy atom. The smallest absolute Gasteiger partial charge is 0.262 e. The summed E-state index contributed by atoms with van der Waals surface area (Å²) in [6.45, 7) is 12.6. The number of hydrogen-bond acceptors (Lipinski definition) is 10. The predicted octanol–water partition coefficient (Wildman–Crippen LogP) is 3.65. The molecule has 12 nitrogen and oxygen atoms in total. The second-order valence-corrected chi connectivity index (χ2v) is 14.2. The summed E-state index contributed by atoms with van der Waals surface area (Å²) < 4.78 is 0. The summed E-state index contributed by atoms with van der Waals surface area (Å²) in [5.41, 5.74) is 4.10. The molecule has 4 aromatic rings. The van der Waals surface area contributed by atoms with Crippen molar-refractivity contribution in [2.75, 3.05) is 69.2 Å². The van der Waals surface area contributed by atoms with E-state index in [4.69, 9.17) is 0 Å². The van der Waals surface area contributed by atoms with Crippen molar-refractivity contribution in [1.29, 1.82) is 0 Å². The lowest BCUT2D eigenvalue weighted by Crippen LogP contribution is -2.61. The number of piperazine rings is 2. The van der Waals surface area contributed by atoms with Crippen molar-refractivity contribution in [3.05, 3.63) is 82.9 Å². The number of rotatable bonds is 9. The SMILES string of the molecule is CCC(NC(C)N1C(=O)c2cccc3c(N4CCNCC4)ccc(c23)C1=O)N(C)C(C)N1C(=O)c2cccc3c(N4CCNCC4)ccc(c23)C1=O. The molecule has 4 aromatic carbocycles. The molecule has 4 heterocycles. The van der Waals surface area contributed by atoms with Crippen LogP contribution in [0, 0.1) is 0 Å². The minimum Gasteiger partial charge on any atom is -0.368 e. The lowest BCUT2D eigenvalue weighted by atomic mass is 9.92. The van der Waals surface area contributed by atoms with Crippen molar-refractivity contribution in [3.63, 3.8) is 0 Å². The van der Waals surface area contributed by atoms with Crippen LogP contribution < -0.4 is 25.8 Å². The molecule has 4 amide bonds. The van der Waals surface area contributed by atoms with Crippen LogP contribution in [0.15, 0.2) is 60.7 Å². The number of nitrogens with zero attached hydrogens (tertiary/aromatic N) is 5. The van der Waals surface area contributed by atoms with Crippen LogP contribution in [0.5, 0.6) is 0 Å². The second-order valence-electron chi connectivity index (χ2n) is 14.2. The largest absolute Gasteiger partial charge is 0.368 e. The summed E-state index contributed by atoms with van der Waals surface area (Å²) in [5.74, 6) is -1.38. The molecule has 270 valence electrons. The average Bonchev–Trinajstić information content (AvgIpc) is 3.18. The van der Waals surface area contributed by atoms with Gasteiger partial charge in [0, 0.05) is 108 Å². The highest BCUT2D eigenvalue weighted by Crippen LogP contribution is 2.38. The van der Waals surface area contributed by atoms with Gasteiger partial charge in [-0.15, -0.1) is 0 Å². The van der Waals surface area contributed by atoms with Gasteiger partial charge in [-0.25, -0.2) is 0 Å². The number of hydrogen-bond donors (Lipinski definition) is 3. The normalized spacial score (nSPS) is 19.6. The van der Waals surface area contributed by atoms with Crippen LogP contribution >= 0.6 is 0 Å². The molecule has 2 fully saturated rings. The van der Waals surface area contributed by atoms with Crippen LogP contribution in [0.25, 0.3) is 21.5 Å². The molecule has 0 bridgehead atoms. The first-order chi connectivity index (χ1) is 25.2. The van der Waals surface area contributed by atoms with Crippen molar-refractivity contribution in [1.82, 2.24) is 30.7 Å². The predicted molar refractivity (Wildman–Crippen MR) is 203 cm³/mol. The van der Waals surface area contributed by atoms with Crippen LogP contribution in [-0.2, 0) is 0 Å². The molecule has 3 unspecified atom stereocenters. The molecule has 52 heavy (non-hydrogen) atoms. The highest BCUT2D eigenvalue weighted by molar-refractivity contribution is 6.28. The first-order valence-corrected chi connectivity index (χ1v) is 18.5. The van der Waals surface area contributed by atoms with E-state index in [9.17, 15) is 19.2 Å². The van der Waals surface area contributed by atoms with E-state index in [2.05, 4.69) is 25.8 Å². The van der Waals surface area contributed by atoms with Crippen molar-refractivity contribution in [3.8, 4) is 0 Å². The van der Waals surface area contributed by atoms with Gasteiger partial charge < -0.3 is 20.4 Å². The van der Waals surface area contributed by atoms with E-state index in [1.54, 1.807) is 19.1 Å². The molecule has 12 heteroatoms. The van der Waals surface area contributed by atoms with Gasteiger partial charge >= 0.3 is 0 Å². The maximum absolute atomic E-state index is 14.2. The topological polar surface area (TPSA) is 121 Å². The van der Waals surface area contributed by atoms with Crippen LogP contribution in [0.3, 0.4) is 0 Å². The van der Waals surface area contributed by atoms with E-state index < -0.39 is 12.3 Å². The Kier molecular flexibility index (Phi) is 8.94. The Hall–Kier alpha value is -4.88. The molecule has 0 saturated carbocycles. The second kappa shape index (κ2) is 13.6. The Balaban J connectivity index is 1.03. The van der Waals surface area contributed by atoms with Gasteiger partial charge in [-0.3, -0.25) is 39.2 Å². The van der Waals surface area contributed by atoms with Gasteiger partial charge in [0.1, 0.15) is 0 Å². The lowest BCUT2D eigenvalue weighted by Gasteiger charge is -2.42. The fourth-order valence-electron chi connectivity index (χ4n) is 8.57. The van der Waals surface area contributed by atoms with Gasteiger partial charge in [-0.1, -0.05) is 31.2 Å². The number of amides is 4. The zero-order valence-corrected chi connectivity index (χ0v) is 30.2. The highest BCUT2D eigenvalue weighted by Gasteiger charge is 2.41. The molecule has 3 atom stereocenters. The fraction of sp³-hybridized carbons (Fsp3) is 0.400. The zero-order valence-electron chi connectivity index (χ0n) is 30.2. The summed E-state index contributed by atoms with van der Waals surface area (Å²) in [6, 6.07) is 19.1. The Morgan fingerprint density at radius 2 is 1.06 bits per heavy atom. The third kappa shape index (κ3) is 5.44.